The highest BCUT2D eigenvalue weighted by Crippen LogP contribution is 2.58. The molecule has 0 fully saturated rings. The lowest BCUT2D eigenvalue weighted by Gasteiger charge is -2.37. The lowest BCUT2D eigenvalue weighted by Crippen LogP contribution is -2.33. The zero-order valence-corrected chi connectivity index (χ0v) is 60.9. The predicted molar refractivity (Wildman–Crippen MR) is 436 cm³/mol. The molecule has 0 unspecified atom stereocenters. The summed E-state index contributed by atoms with van der Waals surface area (Å²) in [6, 6.07) is 78.6. The Kier molecular flexibility index (Phi) is 19.3. The molecule has 4 N–H and O–H groups in total. The normalized spacial score (nSPS) is 13.9. The minimum atomic E-state index is -1.56. The molecule has 544 valence electrons. The van der Waals surface area contributed by atoms with Gasteiger partial charge in [0.2, 0.25) is 23.1 Å². The van der Waals surface area contributed by atoms with Gasteiger partial charge in [-0.1, -0.05) is 217 Å². The first-order chi connectivity index (χ1) is 55.2. The fraction of sp³-hybridized carbons (Fsp3) is 0.129. The van der Waals surface area contributed by atoms with E-state index < -0.39 is 28.6 Å². The molecule has 12 nitrogen and oxygen atoms in total. The van der Waals surface area contributed by atoms with E-state index in [9.17, 15) is 20.4 Å². The molecule has 12 aromatic rings. The van der Waals surface area contributed by atoms with Crippen LogP contribution in [0.25, 0.3) is 89.0 Å². The van der Waals surface area contributed by atoms with Crippen LogP contribution in [0, 0.1) is 98.8 Å². The molecule has 0 heterocycles. The first-order valence-corrected chi connectivity index (χ1v) is 36.2. The van der Waals surface area contributed by atoms with Gasteiger partial charge in [-0.05, 0) is 184 Å². The van der Waals surface area contributed by atoms with Gasteiger partial charge < -0.3 is 58.3 Å². The topological polar surface area (TPSA) is 155 Å². The maximum atomic E-state index is 11.0. The van der Waals surface area contributed by atoms with Crippen molar-refractivity contribution in [3.63, 3.8) is 0 Å². The summed E-state index contributed by atoms with van der Waals surface area (Å²) in [5.74, 6) is 14.6. The molecule has 0 aromatic heterocycles. The number of fused-ring (bicyclic) bond motifs is 12. The second-order valence-electron chi connectivity index (χ2n) is 27.4. The smallest absolute Gasteiger partial charge is 0.225 e. The average Bonchev–Trinajstić information content (AvgIpc) is 1.34. The van der Waals surface area contributed by atoms with Crippen molar-refractivity contribution in [3.8, 4) is 211 Å². The molecule has 0 atom stereocenters. The van der Waals surface area contributed by atoms with E-state index in [0.29, 0.717) is 44.5 Å². The van der Waals surface area contributed by atoms with Gasteiger partial charge in [0.15, 0.2) is 0 Å². The second-order valence-corrected chi connectivity index (χ2v) is 27.4. The van der Waals surface area contributed by atoms with Crippen LogP contribution in [0.15, 0.2) is 243 Å². The third kappa shape index (κ3) is 12.0. The highest BCUT2D eigenvalue weighted by Gasteiger charge is 2.51. The zero-order chi connectivity index (χ0) is 78.2. The highest BCUT2D eigenvalue weighted by atomic mass is 16.7. The maximum Gasteiger partial charge on any atom is 0.225 e. The van der Waals surface area contributed by atoms with E-state index in [-0.39, 0.29) is 75.9 Å². The van der Waals surface area contributed by atoms with E-state index in [2.05, 4.69) is 144 Å². The Morgan fingerprint density at radius 3 is 0.522 bits per heavy atom. The minimum absolute atomic E-state index is 0.0139. The fourth-order valence-corrected chi connectivity index (χ4v) is 16.9. The summed E-state index contributed by atoms with van der Waals surface area (Å²) in [4.78, 5) is 0. The van der Waals surface area contributed by atoms with Crippen molar-refractivity contribution in [2.45, 2.75) is 28.6 Å². The van der Waals surface area contributed by atoms with Crippen molar-refractivity contribution in [1.82, 2.24) is 0 Å². The molecule has 12 heteroatoms. The summed E-state index contributed by atoms with van der Waals surface area (Å²) in [5, 5.41) is 43.8. The third-order valence-corrected chi connectivity index (χ3v) is 21.6. The standard InChI is InChI=1S/C101H68O12/c1-9-49-106-98(107-50-10-2)89-57-69(25-41-81(89)85-45-37-77(102)61-93(85)98)65-17-29-73(30-18-65)97(74-31-19-66(20-32-74)70-26-42-82-86-46-38-78(103)62-94(86)99(90(82)58-70,108-51-11-3)109-52-12-4,75-33-21-67(22-34-75)71-27-43-83-87-47-39-79(104)63-95(87)100(91(83)59-71,110-53-13-5)111-54-14-6)76-35-23-68(24-36-76)72-28-44-84-88-48-40-80(105)64-96(88)101(92(84)60-72,112-55-15-7)113-56-16-8/h1-8,17-48,57-64,102-105H,49-56H2. The molecule has 0 aliphatic heterocycles. The molecule has 0 amide bonds. The van der Waals surface area contributed by atoms with Crippen LogP contribution in [0.1, 0.15) is 66.8 Å². The molecule has 0 radical (unpaired) electrons. The Hall–Kier alpha value is -14.0. The van der Waals surface area contributed by atoms with Gasteiger partial charge in [-0.3, -0.25) is 0 Å². The number of hydrogen-bond donors (Lipinski definition) is 4. The van der Waals surface area contributed by atoms with Crippen LogP contribution in [0.2, 0.25) is 0 Å². The Morgan fingerprint density at radius 1 is 0.204 bits per heavy atom. The van der Waals surface area contributed by atoms with Gasteiger partial charge in [0.25, 0.3) is 0 Å². The molecule has 0 spiro atoms. The van der Waals surface area contributed by atoms with E-state index in [1.54, 1.807) is 48.5 Å². The summed E-state index contributed by atoms with van der Waals surface area (Å²) >= 11 is 0. The van der Waals surface area contributed by atoms with Gasteiger partial charge in [-0.2, -0.15) is 0 Å². The Bertz CT molecular complexity index is 5350. The number of phenolic OH excluding ortho intramolecular Hbond substituents is 4. The Labute approximate surface area is 656 Å². The molecule has 0 bridgehead atoms. The summed E-state index contributed by atoms with van der Waals surface area (Å²) in [6.45, 7) is -0.996. The van der Waals surface area contributed by atoms with Crippen LogP contribution < -0.4 is 0 Å². The SMILES string of the molecule is C#CCOC1(OCC#C)c2cc(O)ccc2-c2ccc(-c3ccc(C(c4ccc(-c5ccc6c(c5)C(OCC#C)(OCC#C)c5cc(O)ccc5-6)cc4)(c4ccc(-c5ccc6c(c5)C(OCC#C)(OCC#C)c5cc(O)ccc5-6)cc4)c4ccc(-c5ccc6c(c5)C(OCC#C)(OCC#C)c5cc(O)ccc5-6)cc4)cc3)cc21. The molecule has 113 heavy (non-hydrogen) atoms. The van der Waals surface area contributed by atoms with Crippen molar-refractivity contribution >= 4 is 0 Å². The number of ether oxygens (including phenoxy) is 8. The first-order valence-electron chi connectivity index (χ1n) is 36.2. The van der Waals surface area contributed by atoms with E-state index in [1.807, 2.05) is 97.1 Å². The van der Waals surface area contributed by atoms with E-state index in [4.69, 9.17) is 89.3 Å². The monoisotopic (exact) mass is 1470 g/mol. The molecule has 12 aromatic carbocycles. The van der Waals surface area contributed by atoms with E-state index >= 15 is 0 Å². The van der Waals surface area contributed by atoms with Gasteiger partial charge in [0.1, 0.15) is 75.9 Å². The third-order valence-electron chi connectivity index (χ3n) is 21.6. The van der Waals surface area contributed by atoms with Gasteiger partial charge >= 0.3 is 0 Å². The summed E-state index contributed by atoms with van der Waals surface area (Å²) < 4.78 is 52.2. The van der Waals surface area contributed by atoms with Crippen LogP contribution >= 0.6 is 0 Å². The van der Waals surface area contributed by atoms with Crippen molar-refractivity contribution in [2.24, 2.45) is 0 Å². The molecular weight excluding hydrogens is 1410 g/mol. The molecule has 4 aliphatic carbocycles. The number of rotatable bonds is 24. The minimum Gasteiger partial charge on any atom is -0.508 e. The lowest BCUT2D eigenvalue weighted by molar-refractivity contribution is -0.200. The number of phenols is 4. The van der Waals surface area contributed by atoms with Crippen LogP contribution in [0.3, 0.4) is 0 Å². The summed E-state index contributed by atoms with van der Waals surface area (Å²) in [7, 11) is 0. The van der Waals surface area contributed by atoms with Gasteiger partial charge in [0.05, 0.1) is 5.41 Å². The quantitative estimate of drug-likeness (QED) is 0.0259. The van der Waals surface area contributed by atoms with E-state index in [1.165, 1.54) is 0 Å². The van der Waals surface area contributed by atoms with Gasteiger partial charge in [0, 0.05) is 44.5 Å². The predicted octanol–water partition coefficient (Wildman–Crippen LogP) is 17.5. The number of terminal acetylenes is 8. The zero-order valence-electron chi connectivity index (χ0n) is 60.9. The van der Waals surface area contributed by atoms with Crippen molar-refractivity contribution in [1.29, 1.82) is 0 Å². The summed E-state index contributed by atoms with van der Waals surface area (Å²) in [6.07, 6.45) is 47.0. The van der Waals surface area contributed by atoms with Gasteiger partial charge in [-0.25, -0.2) is 0 Å². The molecular formula is C101H68O12. The van der Waals surface area contributed by atoms with E-state index in [0.717, 1.165) is 111 Å². The highest BCUT2D eigenvalue weighted by molar-refractivity contribution is 5.88. The number of hydrogen-bond acceptors (Lipinski definition) is 12. The Balaban J connectivity index is 0.894. The molecule has 0 saturated heterocycles. The molecule has 4 aliphatic rings. The number of benzene rings is 12. The van der Waals surface area contributed by atoms with Crippen LogP contribution in [-0.2, 0) is 66.5 Å². The van der Waals surface area contributed by atoms with Crippen LogP contribution in [-0.4, -0.2) is 73.3 Å². The first kappa shape index (κ1) is 73.2. The van der Waals surface area contributed by atoms with Crippen molar-refractivity contribution in [3.05, 3.63) is 309 Å². The van der Waals surface area contributed by atoms with Crippen molar-refractivity contribution < 1.29 is 58.3 Å². The average molecular weight is 1470 g/mol. The Morgan fingerprint density at radius 2 is 0.354 bits per heavy atom. The van der Waals surface area contributed by atoms with Crippen molar-refractivity contribution in [2.75, 3.05) is 52.9 Å². The van der Waals surface area contributed by atoms with Gasteiger partial charge in [-0.15, -0.1) is 51.4 Å². The fourth-order valence-electron chi connectivity index (χ4n) is 16.9. The van der Waals surface area contributed by atoms with Crippen LogP contribution in [0.4, 0.5) is 0 Å². The molecule has 16 rings (SSSR count). The van der Waals surface area contributed by atoms with Crippen LogP contribution in [0.5, 0.6) is 23.0 Å². The largest absolute Gasteiger partial charge is 0.508 e. The molecule has 0 saturated carbocycles. The lowest BCUT2D eigenvalue weighted by atomic mass is 9.64. The second kappa shape index (κ2) is 29.8. The summed E-state index contributed by atoms with van der Waals surface area (Å²) in [5.41, 5.74) is 20.4. The number of aromatic hydroxyl groups is 4. The maximum absolute atomic E-state index is 11.0.